The predicted molar refractivity (Wildman–Crippen MR) is 53.3 cm³/mol. The van der Waals surface area contributed by atoms with Crippen LogP contribution >= 0.6 is 0 Å². The first kappa shape index (κ1) is 12.8. The van der Waals surface area contributed by atoms with E-state index in [0.29, 0.717) is 6.54 Å². The van der Waals surface area contributed by atoms with Gasteiger partial charge in [-0.2, -0.15) is 0 Å². The Morgan fingerprint density at radius 3 is 2.08 bits per heavy atom. The zero-order chi connectivity index (χ0) is 10.5. The van der Waals surface area contributed by atoms with Gasteiger partial charge in [-0.3, -0.25) is 0 Å². The second-order valence-electron chi connectivity index (χ2n) is 3.79. The van der Waals surface area contributed by atoms with Crippen LogP contribution in [0, 0.1) is 5.41 Å². The minimum absolute atomic E-state index is 0.169. The zero-order valence-electron chi connectivity index (χ0n) is 8.84. The molecule has 0 spiro atoms. The molecule has 0 aliphatic heterocycles. The molecule has 0 bridgehead atoms. The lowest BCUT2D eigenvalue weighted by Gasteiger charge is -2.42. The first-order valence-electron chi connectivity index (χ1n) is 4.61. The molecule has 0 aromatic heterocycles. The highest BCUT2D eigenvalue weighted by molar-refractivity contribution is 4.97. The van der Waals surface area contributed by atoms with E-state index in [1.807, 2.05) is 13.8 Å². The summed E-state index contributed by atoms with van der Waals surface area (Å²) >= 11 is 0. The zero-order valence-corrected chi connectivity index (χ0v) is 8.84. The van der Waals surface area contributed by atoms with E-state index >= 15 is 0 Å². The second-order valence-corrected chi connectivity index (χ2v) is 3.79. The first-order valence-corrected chi connectivity index (χ1v) is 4.61. The number of hydrogen-bond acceptors (Lipinski definition) is 4. The summed E-state index contributed by atoms with van der Waals surface area (Å²) in [5, 5.41) is 10.2. The van der Waals surface area contributed by atoms with Crippen LogP contribution in [-0.4, -0.2) is 37.5 Å². The molecule has 4 nitrogen and oxygen atoms in total. The fourth-order valence-electron chi connectivity index (χ4n) is 1.38. The smallest absolute Gasteiger partial charge is 0.107 e. The Bertz CT molecular complexity index is 149. The molecular formula is C9H22N2O2. The lowest BCUT2D eigenvalue weighted by Crippen LogP contribution is -2.58. The van der Waals surface area contributed by atoms with Gasteiger partial charge in [0.2, 0.25) is 0 Å². The van der Waals surface area contributed by atoms with Crippen molar-refractivity contribution in [2.75, 3.05) is 26.8 Å². The summed E-state index contributed by atoms with van der Waals surface area (Å²) in [5.41, 5.74) is 9.78. The lowest BCUT2D eigenvalue weighted by molar-refractivity contribution is -0.109. The monoisotopic (exact) mass is 190 g/mol. The van der Waals surface area contributed by atoms with Gasteiger partial charge in [0.1, 0.15) is 5.60 Å². The van der Waals surface area contributed by atoms with Crippen molar-refractivity contribution in [1.29, 1.82) is 0 Å². The van der Waals surface area contributed by atoms with E-state index < -0.39 is 5.60 Å². The standard InChI is InChI=1S/C9H22N2O2/c1-4-8(2,5-10)9(12,6-11)7-13-3/h12H,4-7,10-11H2,1-3H3. The second kappa shape index (κ2) is 4.91. The van der Waals surface area contributed by atoms with Crippen molar-refractivity contribution in [3.63, 3.8) is 0 Å². The molecule has 0 aliphatic carbocycles. The Hall–Kier alpha value is -0.160. The summed E-state index contributed by atoms with van der Waals surface area (Å²) < 4.78 is 4.96. The topological polar surface area (TPSA) is 81.5 Å². The van der Waals surface area contributed by atoms with Crippen LogP contribution < -0.4 is 11.5 Å². The van der Waals surface area contributed by atoms with Crippen LogP contribution in [0.4, 0.5) is 0 Å². The average molecular weight is 190 g/mol. The molecule has 0 heterocycles. The maximum absolute atomic E-state index is 10.2. The van der Waals surface area contributed by atoms with Gasteiger partial charge in [0.05, 0.1) is 6.61 Å². The van der Waals surface area contributed by atoms with Crippen molar-refractivity contribution in [3.8, 4) is 0 Å². The van der Waals surface area contributed by atoms with Gasteiger partial charge < -0.3 is 21.3 Å². The number of methoxy groups -OCH3 is 1. The van der Waals surface area contributed by atoms with Gasteiger partial charge in [0.15, 0.2) is 0 Å². The molecule has 2 unspecified atom stereocenters. The van der Waals surface area contributed by atoms with Crippen molar-refractivity contribution in [3.05, 3.63) is 0 Å². The Morgan fingerprint density at radius 1 is 1.31 bits per heavy atom. The summed E-state index contributed by atoms with van der Waals surface area (Å²) in [6.45, 7) is 4.72. The summed E-state index contributed by atoms with van der Waals surface area (Å²) in [4.78, 5) is 0. The van der Waals surface area contributed by atoms with Crippen molar-refractivity contribution < 1.29 is 9.84 Å². The van der Waals surface area contributed by atoms with E-state index in [9.17, 15) is 5.11 Å². The third kappa shape index (κ3) is 2.40. The quantitative estimate of drug-likeness (QED) is 0.537. The number of aliphatic hydroxyl groups is 1. The van der Waals surface area contributed by atoms with E-state index in [2.05, 4.69) is 0 Å². The normalized spacial score (nSPS) is 20.8. The summed E-state index contributed by atoms with van der Waals surface area (Å²) in [6, 6.07) is 0. The number of hydrogen-bond donors (Lipinski definition) is 3. The number of rotatable bonds is 6. The molecule has 0 aromatic carbocycles. The Labute approximate surface area is 80.2 Å². The summed E-state index contributed by atoms with van der Waals surface area (Å²) in [7, 11) is 1.55. The van der Waals surface area contributed by atoms with E-state index in [4.69, 9.17) is 16.2 Å². The molecule has 0 saturated heterocycles. The van der Waals surface area contributed by atoms with Crippen LogP contribution in [-0.2, 0) is 4.74 Å². The maximum atomic E-state index is 10.2. The van der Waals surface area contributed by atoms with Crippen molar-refractivity contribution >= 4 is 0 Å². The third-order valence-corrected chi connectivity index (χ3v) is 3.08. The van der Waals surface area contributed by atoms with Crippen LogP contribution in [0.2, 0.25) is 0 Å². The largest absolute Gasteiger partial charge is 0.386 e. The van der Waals surface area contributed by atoms with Crippen LogP contribution in [0.5, 0.6) is 0 Å². The predicted octanol–water partition coefficient (Wildman–Crippen LogP) is -0.302. The molecular weight excluding hydrogens is 168 g/mol. The molecule has 4 heteroatoms. The van der Waals surface area contributed by atoms with E-state index in [-0.39, 0.29) is 18.6 Å². The van der Waals surface area contributed by atoms with Crippen molar-refractivity contribution in [1.82, 2.24) is 0 Å². The highest BCUT2D eigenvalue weighted by Gasteiger charge is 2.43. The molecule has 13 heavy (non-hydrogen) atoms. The SMILES string of the molecule is CCC(C)(CN)C(O)(CN)COC. The third-order valence-electron chi connectivity index (χ3n) is 3.08. The summed E-state index contributed by atoms with van der Waals surface area (Å²) in [5.74, 6) is 0. The van der Waals surface area contributed by atoms with Gasteiger partial charge in [-0.15, -0.1) is 0 Å². The van der Waals surface area contributed by atoms with Gasteiger partial charge in [-0.25, -0.2) is 0 Å². The number of nitrogens with two attached hydrogens (primary N) is 2. The van der Waals surface area contributed by atoms with Crippen molar-refractivity contribution in [2.45, 2.75) is 25.9 Å². The van der Waals surface area contributed by atoms with Crippen molar-refractivity contribution in [2.24, 2.45) is 16.9 Å². The van der Waals surface area contributed by atoms with Crippen LogP contribution in [0.15, 0.2) is 0 Å². The average Bonchev–Trinajstić information content (AvgIpc) is 2.16. The molecule has 0 aliphatic rings. The highest BCUT2D eigenvalue weighted by atomic mass is 16.5. The molecule has 0 saturated carbocycles. The van der Waals surface area contributed by atoms with Gasteiger partial charge in [0.25, 0.3) is 0 Å². The minimum atomic E-state index is -1.02. The van der Waals surface area contributed by atoms with Gasteiger partial charge in [-0.1, -0.05) is 13.8 Å². The van der Waals surface area contributed by atoms with E-state index in [1.165, 1.54) is 0 Å². The molecule has 0 aromatic rings. The van der Waals surface area contributed by atoms with Crippen LogP contribution in [0.25, 0.3) is 0 Å². The van der Waals surface area contributed by atoms with Crippen LogP contribution in [0.3, 0.4) is 0 Å². The lowest BCUT2D eigenvalue weighted by atomic mass is 9.71. The van der Waals surface area contributed by atoms with Gasteiger partial charge >= 0.3 is 0 Å². The molecule has 0 radical (unpaired) electrons. The Kier molecular flexibility index (Phi) is 4.85. The molecule has 0 amide bonds. The van der Waals surface area contributed by atoms with E-state index in [0.717, 1.165) is 6.42 Å². The molecule has 5 N–H and O–H groups in total. The van der Waals surface area contributed by atoms with E-state index in [1.54, 1.807) is 7.11 Å². The fourth-order valence-corrected chi connectivity index (χ4v) is 1.38. The molecule has 80 valence electrons. The summed E-state index contributed by atoms with van der Waals surface area (Å²) in [6.07, 6.45) is 0.778. The Morgan fingerprint density at radius 2 is 1.85 bits per heavy atom. The number of ether oxygens (including phenoxy) is 1. The van der Waals surface area contributed by atoms with Gasteiger partial charge in [-0.05, 0) is 6.42 Å². The molecule has 0 fully saturated rings. The van der Waals surface area contributed by atoms with Crippen LogP contribution in [0.1, 0.15) is 20.3 Å². The van der Waals surface area contributed by atoms with Gasteiger partial charge in [0, 0.05) is 25.6 Å². The first-order chi connectivity index (χ1) is 5.99. The molecule has 0 rings (SSSR count). The molecule has 2 atom stereocenters. The fraction of sp³-hybridized carbons (Fsp3) is 1.00. The minimum Gasteiger partial charge on any atom is -0.386 e. The maximum Gasteiger partial charge on any atom is 0.107 e. The highest BCUT2D eigenvalue weighted by Crippen LogP contribution is 2.33. The Balaban J connectivity index is 4.68.